The normalized spacial score (nSPS) is 25.7. The van der Waals surface area contributed by atoms with Crippen LogP contribution < -0.4 is 4.72 Å². The Morgan fingerprint density at radius 1 is 1.27 bits per heavy atom. The van der Waals surface area contributed by atoms with Gasteiger partial charge in [0.2, 0.25) is 0 Å². The third kappa shape index (κ3) is 2.50. The van der Waals surface area contributed by atoms with Crippen LogP contribution in [0.3, 0.4) is 0 Å². The Kier molecular flexibility index (Phi) is 3.03. The van der Waals surface area contributed by atoms with E-state index in [-0.39, 0.29) is 12.0 Å². The van der Waals surface area contributed by atoms with Gasteiger partial charge in [-0.15, -0.1) is 0 Å². The van der Waals surface area contributed by atoms with Crippen LogP contribution >= 0.6 is 0 Å². The van der Waals surface area contributed by atoms with Crippen molar-refractivity contribution in [3.05, 3.63) is 0 Å². The van der Waals surface area contributed by atoms with E-state index in [1.54, 1.807) is 0 Å². The van der Waals surface area contributed by atoms with Crippen molar-refractivity contribution in [2.45, 2.75) is 25.7 Å². The molecule has 2 fully saturated rings. The predicted molar refractivity (Wildman–Crippen MR) is 56.5 cm³/mol. The van der Waals surface area contributed by atoms with Crippen molar-refractivity contribution in [1.29, 1.82) is 0 Å². The molecule has 0 unspecified atom stereocenters. The first-order valence-electron chi connectivity index (χ1n) is 5.44. The van der Waals surface area contributed by atoms with Crippen molar-refractivity contribution in [2.24, 2.45) is 5.41 Å². The molecule has 0 amide bonds. The molecule has 0 aromatic carbocycles. The lowest BCUT2D eigenvalue weighted by molar-refractivity contribution is 0.212. The van der Waals surface area contributed by atoms with Crippen molar-refractivity contribution in [3.63, 3.8) is 0 Å². The van der Waals surface area contributed by atoms with Gasteiger partial charge in [-0.1, -0.05) is 0 Å². The second kappa shape index (κ2) is 4.01. The minimum atomic E-state index is -3.29. The molecule has 1 aliphatic carbocycles. The molecular weight excluding hydrogens is 216 g/mol. The SMILES string of the molecule is O=S(=O)(NCC1(CO)CC1)N1CCCC1. The van der Waals surface area contributed by atoms with Gasteiger partial charge in [0.25, 0.3) is 10.2 Å². The molecule has 5 nitrogen and oxygen atoms in total. The van der Waals surface area contributed by atoms with E-state index in [0.717, 1.165) is 25.7 Å². The monoisotopic (exact) mass is 234 g/mol. The summed E-state index contributed by atoms with van der Waals surface area (Å²) in [6.45, 7) is 1.71. The van der Waals surface area contributed by atoms with Crippen molar-refractivity contribution < 1.29 is 13.5 Å². The van der Waals surface area contributed by atoms with E-state index in [4.69, 9.17) is 5.11 Å². The predicted octanol–water partition coefficient (Wildman–Crippen LogP) is -0.311. The van der Waals surface area contributed by atoms with Gasteiger partial charge in [-0.05, 0) is 25.7 Å². The van der Waals surface area contributed by atoms with E-state index in [1.165, 1.54) is 4.31 Å². The average molecular weight is 234 g/mol. The second-order valence-corrected chi connectivity index (χ2v) is 6.35. The summed E-state index contributed by atoms with van der Waals surface area (Å²) in [5.74, 6) is 0. The Morgan fingerprint density at radius 2 is 1.87 bits per heavy atom. The molecule has 0 aromatic heterocycles. The number of rotatable bonds is 5. The van der Waals surface area contributed by atoms with Crippen molar-refractivity contribution in [1.82, 2.24) is 9.03 Å². The van der Waals surface area contributed by atoms with Gasteiger partial charge in [0.1, 0.15) is 0 Å². The maximum atomic E-state index is 11.8. The molecule has 0 spiro atoms. The minimum Gasteiger partial charge on any atom is -0.396 e. The molecule has 1 aliphatic heterocycles. The molecule has 0 atom stereocenters. The van der Waals surface area contributed by atoms with Crippen LogP contribution in [0.4, 0.5) is 0 Å². The number of aliphatic hydroxyl groups is 1. The molecule has 0 radical (unpaired) electrons. The van der Waals surface area contributed by atoms with Gasteiger partial charge < -0.3 is 5.11 Å². The fourth-order valence-corrected chi connectivity index (χ4v) is 3.24. The Bertz CT molecular complexity index is 318. The largest absolute Gasteiger partial charge is 0.396 e. The van der Waals surface area contributed by atoms with E-state index in [2.05, 4.69) is 4.72 Å². The lowest BCUT2D eigenvalue weighted by Crippen LogP contribution is -2.41. The Hall–Kier alpha value is -0.170. The molecule has 88 valence electrons. The van der Waals surface area contributed by atoms with Gasteiger partial charge in [0, 0.05) is 31.7 Å². The zero-order valence-electron chi connectivity index (χ0n) is 8.78. The van der Waals surface area contributed by atoms with Gasteiger partial charge in [0.15, 0.2) is 0 Å². The Balaban J connectivity index is 1.87. The van der Waals surface area contributed by atoms with E-state index < -0.39 is 10.2 Å². The zero-order chi connectivity index (χ0) is 10.9. The summed E-state index contributed by atoms with van der Waals surface area (Å²) in [6, 6.07) is 0. The highest BCUT2D eigenvalue weighted by molar-refractivity contribution is 7.87. The van der Waals surface area contributed by atoms with E-state index in [0.29, 0.717) is 19.6 Å². The van der Waals surface area contributed by atoms with Gasteiger partial charge >= 0.3 is 0 Å². The molecule has 1 saturated carbocycles. The van der Waals surface area contributed by atoms with Crippen molar-refractivity contribution >= 4 is 10.2 Å². The number of aliphatic hydroxyl groups excluding tert-OH is 1. The quantitative estimate of drug-likeness (QED) is 0.685. The fourth-order valence-electron chi connectivity index (χ4n) is 1.83. The third-order valence-corrected chi connectivity index (χ3v) is 4.88. The number of hydrogen-bond donors (Lipinski definition) is 2. The number of nitrogens with one attached hydrogen (secondary N) is 1. The molecule has 0 aromatic rings. The number of nitrogens with zero attached hydrogens (tertiary/aromatic N) is 1. The second-order valence-electron chi connectivity index (χ2n) is 4.59. The van der Waals surface area contributed by atoms with Crippen molar-refractivity contribution in [3.8, 4) is 0 Å². The topological polar surface area (TPSA) is 69.6 Å². The number of hydrogen-bond acceptors (Lipinski definition) is 3. The summed E-state index contributed by atoms with van der Waals surface area (Å²) in [4.78, 5) is 0. The first kappa shape index (κ1) is 11.3. The van der Waals surface area contributed by atoms with Crippen LogP contribution in [0.1, 0.15) is 25.7 Å². The van der Waals surface area contributed by atoms with Crippen LogP contribution in [0.25, 0.3) is 0 Å². The molecule has 2 N–H and O–H groups in total. The maximum Gasteiger partial charge on any atom is 0.279 e. The highest BCUT2D eigenvalue weighted by Gasteiger charge is 2.43. The Morgan fingerprint density at radius 3 is 2.33 bits per heavy atom. The minimum absolute atomic E-state index is 0.0789. The summed E-state index contributed by atoms with van der Waals surface area (Å²) in [7, 11) is -3.29. The van der Waals surface area contributed by atoms with Crippen LogP contribution in [-0.4, -0.2) is 44.1 Å². The maximum absolute atomic E-state index is 11.8. The van der Waals surface area contributed by atoms with Crippen LogP contribution in [0.15, 0.2) is 0 Å². The molecule has 0 bridgehead atoms. The summed E-state index contributed by atoms with van der Waals surface area (Å²) >= 11 is 0. The first-order chi connectivity index (χ1) is 7.08. The highest BCUT2D eigenvalue weighted by Crippen LogP contribution is 2.44. The summed E-state index contributed by atoms with van der Waals surface area (Å²) in [6.07, 6.45) is 3.75. The first-order valence-corrected chi connectivity index (χ1v) is 6.88. The van der Waals surface area contributed by atoms with E-state index >= 15 is 0 Å². The summed E-state index contributed by atoms with van der Waals surface area (Å²) < 4.78 is 27.6. The third-order valence-electron chi connectivity index (χ3n) is 3.33. The lowest BCUT2D eigenvalue weighted by atomic mass is 10.1. The molecule has 6 heteroatoms. The van der Waals surface area contributed by atoms with Gasteiger partial charge in [0.05, 0.1) is 0 Å². The highest BCUT2D eigenvalue weighted by atomic mass is 32.2. The molecule has 1 heterocycles. The zero-order valence-corrected chi connectivity index (χ0v) is 9.59. The van der Waals surface area contributed by atoms with Crippen molar-refractivity contribution in [2.75, 3.05) is 26.2 Å². The molecule has 2 aliphatic rings. The van der Waals surface area contributed by atoms with Crippen LogP contribution in [0.5, 0.6) is 0 Å². The van der Waals surface area contributed by atoms with Gasteiger partial charge in [-0.3, -0.25) is 0 Å². The summed E-state index contributed by atoms with van der Waals surface area (Å²) in [5.41, 5.74) is -0.160. The van der Waals surface area contributed by atoms with E-state index in [9.17, 15) is 8.42 Å². The van der Waals surface area contributed by atoms with Crippen LogP contribution in [-0.2, 0) is 10.2 Å². The fraction of sp³-hybridized carbons (Fsp3) is 1.00. The molecule has 15 heavy (non-hydrogen) atoms. The smallest absolute Gasteiger partial charge is 0.279 e. The average Bonchev–Trinajstić information content (AvgIpc) is 2.77. The van der Waals surface area contributed by atoms with Crippen LogP contribution in [0, 0.1) is 5.41 Å². The van der Waals surface area contributed by atoms with Crippen LogP contribution in [0.2, 0.25) is 0 Å². The van der Waals surface area contributed by atoms with Gasteiger partial charge in [-0.25, -0.2) is 4.72 Å². The van der Waals surface area contributed by atoms with E-state index in [1.807, 2.05) is 0 Å². The van der Waals surface area contributed by atoms with Gasteiger partial charge in [-0.2, -0.15) is 12.7 Å². The molecular formula is C9H18N2O3S. The standard InChI is InChI=1S/C9H18N2O3S/c12-8-9(3-4-9)7-10-15(13,14)11-5-1-2-6-11/h10,12H,1-8H2. The molecule has 2 rings (SSSR count). The Labute approximate surface area is 90.6 Å². The molecule has 1 saturated heterocycles. The summed E-state index contributed by atoms with van der Waals surface area (Å²) in [5, 5.41) is 9.07. The lowest BCUT2D eigenvalue weighted by Gasteiger charge is -2.18.